The maximum Gasteiger partial charge on any atom is 0.339 e. The largest absolute Gasteiger partial charge is 0.493 e. The Bertz CT molecular complexity index is 624. The lowest BCUT2D eigenvalue weighted by atomic mass is 10.2. The number of nitrogens with zero attached hydrogens (tertiary/aromatic N) is 2. The fourth-order valence-corrected chi connectivity index (χ4v) is 1.80. The van der Waals surface area contributed by atoms with Crippen molar-refractivity contribution >= 4 is 5.97 Å². The molecule has 0 aliphatic carbocycles. The van der Waals surface area contributed by atoms with Crippen LogP contribution in [0, 0.1) is 0 Å². The Morgan fingerprint density at radius 2 is 2.24 bits per heavy atom. The van der Waals surface area contributed by atoms with Crippen molar-refractivity contribution in [2.45, 2.75) is 26.4 Å². The molecule has 0 amide bonds. The van der Waals surface area contributed by atoms with Gasteiger partial charge in [-0.2, -0.15) is 4.98 Å². The van der Waals surface area contributed by atoms with E-state index >= 15 is 0 Å². The van der Waals surface area contributed by atoms with Gasteiger partial charge in [0.05, 0.1) is 7.11 Å². The Labute approximate surface area is 121 Å². The molecular weight excluding hydrogens is 276 g/mol. The number of hydrogen-bond donors (Lipinski definition) is 1. The molecule has 1 aromatic carbocycles. The summed E-state index contributed by atoms with van der Waals surface area (Å²) in [5.41, 5.74) is 0.0163. The van der Waals surface area contributed by atoms with Crippen LogP contribution < -0.4 is 9.47 Å². The van der Waals surface area contributed by atoms with Gasteiger partial charge in [0, 0.05) is 6.42 Å². The first kappa shape index (κ1) is 14.8. The minimum absolute atomic E-state index is 0.0163. The quantitative estimate of drug-likeness (QED) is 0.836. The van der Waals surface area contributed by atoms with Gasteiger partial charge in [0.1, 0.15) is 5.56 Å². The molecule has 0 bridgehead atoms. The zero-order valence-electron chi connectivity index (χ0n) is 11.8. The molecule has 0 unspecified atom stereocenters. The van der Waals surface area contributed by atoms with Gasteiger partial charge in [0.2, 0.25) is 0 Å². The molecule has 0 spiro atoms. The first-order valence-corrected chi connectivity index (χ1v) is 6.50. The molecule has 1 N–H and O–H groups in total. The lowest BCUT2D eigenvalue weighted by Crippen LogP contribution is -2.05. The molecule has 2 rings (SSSR count). The van der Waals surface area contributed by atoms with Crippen LogP contribution in [0.15, 0.2) is 22.7 Å². The maximum atomic E-state index is 11.2. The van der Waals surface area contributed by atoms with Crippen molar-refractivity contribution in [1.82, 2.24) is 10.1 Å². The summed E-state index contributed by atoms with van der Waals surface area (Å²) in [6.45, 7) is 2.00. The summed E-state index contributed by atoms with van der Waals surface area (Å²) in [5, 5.41) is 13.0. The minimum atomic E-state index is -1.10. The summed E-state index contributed by atoms with van der Waals surface area (Å²) in [6.07, 6.45) is 1.63. The number of aromatic carboxylic acids is 1. The first-order chi connectivity index (χ1) is 10.2. The number of para-hydroxylation sites is 1. The maximum absolute atomic E-state index is 11.2. The Kier molecular flexibility index (Phi) is 4.76. The van der Waals surface area contributed by atoms with E-state index < -0.39 is 5.97 Å². The molecule has 1 aromatic heterocycles. The van der Waals surface area contributed by atoms with E-state index in [1.165, 1.54) is 13.2 Å². The van der Waals surface area contributed by atoms with Crippen molar-refractivity contribution in [3.8, 4) is 11.5 Å². The molecule has 7 nitrogen and oxygen atoms in total. The fraction of sp³-hybridized carbons (Fsp3) is 0.357. The lowest BCUT2D eigenvalue weighted by molar-refractivity contribution is 0.0690. The van der Waals surface area contributed by atoms with E-state index in [1.54, 1.807) is 12.1 Å². The smallest absolute Gasteiger partial charge is 0.339 e. The number of rotatable bonds is 7. The number of ether oxygens (including phenoxy) is 2. The molecule has 0 saturated heterocycles. The molecule has 0 aliphatic rings. The van der Waals surface area contributed by atoms with E-state index in [4.69, 9.17) is 19.1 Å². The summed E-state index contributed by atoms with van der Waals surface area (Å²) >= 11 is 0. The molecule has 0 saturated carbocycles. The molecule has 2 aromatic rings. The molecule has 112 valence electrons. The number of hydrogen-bond acceptors (Lipinski definition) is 6. The van der Waals surface area contributed by atoms with E-state index in [1.807, 2.05) is 6.92 Å². The van der Waals surface area contributed by atoms with Crippen molar-refractivity contribution in [3.05, 3.63) is 35.5 Å². The van der Waals surface area contributed by atoms with E-state index in [2.05, 4.69) is 10.1 Å². The molecule has 21 heavy (non-hydrogen) atoms. The number of carboxylic acid groups (broad SMARTS) is 1. The van der Waals surface area contributed by atoms with Crippen LogP contribution in [0.25, 0.3) is 0 Å². The highest BCUT2D eigenvalue weighted by Crippen LogP contribution is 2.31. The van der Waals surface area contributed by atoms with Gasteiger partial charge < -0.3 is 19.1 Å². The average molecular weight is 292 g/mol. The standard InChI is InChI=1S/C14H16N2O5/c1-3-5-11-15-12(21-16-11)8-20-13-9(14(17)18)6-4-7-10(13)19-2/h4,6-7H,3,5,8H2,1-2H3,(H,17,18). The van der Waals surface area contributed by atoms with E-state index in [-0.39, 0.29) is 17.9 Å². The third-order valence-corrected chi connectivity index (χ3v) is 2.75. The third-order valence-electron chi connectivity index (χ3n) is 2.75. The van der Waals surface area contributed by atoms with Gasteiger partial charge in [0.25, 0.3) is 5.89 Å². The Morgan fingerprint density at radius 1 is 1.43 bits per heavy atom. The second kappa shape index (κ2) is 6.74. The van der Waals surface area contributed by atoms with Gasteiger partial charge in [-0.1, -0.05) is 18.1 Å². The van der Waals surface area contributed by atoms with Crippen molar-refractivity contribution in [1.29, 1.82) is 0 Å². The molecule has 0 radical (unpaired) electrons. The fourth-order valence-electron chi connectivity index (χ4n) is 1.80. The van der Waals surface area contributed by atoms with Crippen molar-refractivity contribution in [2.24, 2.45) is 0 Å². The Hall–Kier alpha value is -2.57. The van der Waals surface area contributed by atoms with Gasteiger partial charge in [-0.25, -0.2) is 4.79 Å². The SMILES string of the molecule is CCCc1noc(COc2c(OC)cccc2C(=O)O)n1. The minimum Gasteiger partial charge on any atom is -0.493 e. The summed E-state index contributed by atoms with van der Waals surface area (Å²) in [4.78, 5) is 15.4. The van der Waals surface area contributed by atoms with Gasteiger partial charge >= 0.3 is 5.97 Å². The highest BCUT2D eigenvalue weighted by Gasteiger charge is 2.17. The van der Waals surface area contributed by atoms with Crippen LogP contribution >= 0.6 is 0 Å². The predicted molar refractivity (Wildman–Crippen MR) is 72.6 cm³/mol. The van der Waals surface area contributed by atoms with Gasteiger partial charge in [-0.3, -0.25) is 0 Å². The topological polar surface area (TPSA) is 94.7 Å². The molecule has 0 aliphatic heterocycles. The highest BCUT2D eigenvalue weighted by atomic mass is 16.5. The van der Waals surface area contributed by atoms with Crippen LogP contribution in [-0.4, -0.2) is 28.3 Å². The van der Waals surface area contributed by atoms with Gasteiger partial charge in [-0.05, 0) is 18.6 Å². The van der Waals surface area contributed by atoms with E-state index in [9.17, 15) is 4.79 Å². The third kappa shape index (κ3) is 3.50. The summed E-state index contributed by atoms with van der Waals surface area (Å²) in [6, 6.07) is 4.65. The van der Waals surface area contributed by atoms with Crippen molar-refractivity contribution < 1.29 is 23.9 Å². The highest BCUT2D eigenvalue weighted by molar-refractivity contribution is 5.92. The van der Waals surface area contributed by atoms with Crippen LogP contribution in [-0.2, 0) is 13.0 Å². The lowest BCUT2D eigenvalue weighted by Gasteiger charge is -2.11. The molecule has 7 heteroatoms. The molecule has 0 fully saturated rings. The Balaban J connectivity index is 2.16. The zero-order valence-corrected chi connectivity index (χ0v) is 11.8. The second-order valence-electron chi connectivity index (χ2n) is 4.29. The number of aromatic nitrogens is 2. The number of aryl methyl sites for hydroxylation is 1. The average Bonchev–Trinajstić information content (AvgIpc) is 2.92. The molecule has 1 heterocycles. The second-order valence-corrected chi connectivity index (χ2v) is 4.29. The van der Waals surface area contributed by atoms with Crippen LogP contribution in [0.4, 0.5) is 0 Å². The normalized spacial score (nSPS) is 10.4. The summed E-state index contributed by atoms with van der Waals surface area (Å²) in [7, 11) is 1.44. The number of methoxy groups -OCH3 is 1. The monoisotopic (exact) mass is 292 g/mol. The van der Waals surface area contributed by atoms with Gasteiger partial charge in [-0.15, -0.1) is 0 Å². The number of benzene rings is 1. The zero-order chi connectivity index (χ0) is 15.2. The van der Waals surface area contributed by atoms with Crippen LogP contribution in [0.3, 0.4) is 0 Å². The van der Waals surface area contributed by atoms with E-state index in [0.29, 0.717) is 17.5 Å². The predicted octanol–water partition coefficient (Wildman–Crippen LogP) is 2.31. The molecular formula is C14H16N2O5. The summed E-state index contributed by atoms with van der Waals surface area (Å²) in [5.74, 6) is 0.280. The van der Waals surface area contributed by atoms with Crippen LogP contribution in [0.1, 0.15) is 35.4 Å². The number of carbonyl (C=O) groups is 1. The van der Waals surface area contributed by atoms with Crippen LogP contribution in [0.5, 0.6) is 11.5 Å². The Morgan fingerprint density at radius 3 is 2.90 bits per heavy atom. The van der Waals surface area contributed by atoms with Crippen LogP contribution in [0.2, 0.25) is 0 Å². The molecule has 0 atom stereocenters. The van der Waals surface area contributed by atoms with E-state index in [0.717, 1.165) is 12.8 Å². The first-order valence-electron chi connectivity index (χ1n) is 6.50. The number of carboxylic acids is 1. The van der Waals surface area contributed by atoms with Gasteiger partial charge in [0.15, 0.2) is 23.9 Å². The summed E-state index contributed by atoms with van der Waals surface area (Å²) < 4.78 is 15.6. The van der Waals surface area contributed by atoms with Crippen molar-refractivity contribution in [3.63, 3.8) is 0 Å². The van der Waals surface area contributed by atoms with Crippen molar-refractivity contribution in [2.75, 3.05) is 7.11 Å².